The minimum absolute atomic E-state index is 0.0903. The molecule has 0 radical (unpaired) electrons. The van der Waals surface area contributed by atoms with Crippen molar-refractivity contribution in [3.05, 3.63) is 46.4 Å². The van der Waals surface area contributed by atoms with Crippen molar-refractivity contribution in [3.63, 3.8) is 0 Å². The minimum atomic E-state index is -0.0903. The molecule has 0 spiro atoms. The lowest BCUT2D eigenvalue weighted by Crippen LogP contribution is -2.27. The molecule has 3 heteroatoms. The van der Waals surface area contributed by atoms with Crippen molar-refractivity contribution in [2.24, 2.45) is 0 Å². The normalized spacial score (nSPS) is 10.5. The summed E-state index contributed by atoms with van der Waals surface area (Å²) in [6, 6.07) is 9.52. The molecule has 2 aromatic rings. The fraction of sp³-hybridized carbons (Fsp3) is 0.250. The summed E-state index contributed by atoms with van der Waals surface area (Å²) in [5.41, 5.74) is 0.800. The summed E-state index contributed by atoms with van der Waals surface area (Å²) in [7, 11) is 1.51. The van der Waals surface area contributed by atoms with E-state index in [2.05, 4.69) is 0 Å². The first-order valence-corrected chi connectivity index (χ1v) is 4.96. The molecule has 3 nitrogen and oxygen atoms in total. The fourth-order valence-corrected chi connectivity index (χ4v) is 1.74. The monoisotopic (exact) mass is 203 g/mol. The third-order valence-electron chi connectivity index (χ3n) is 2.50. The lowest BCUT2D eigenvalue weighted by atomic mass is 10.1. The Morgan fingerprint density at radius 1 is 1.33 bits per heavy atom. The van der Waals surface area contributed by atoms with Crippen molar-refractivity contribution < 1.29 is 4.84 Å². The van der Waals surface area contributed by atoms with Gasteiger partial charge < -0.3 is 4.84 Å². The van der Waals surface area contributed by atoms with Crippen molar-refractivity contribution in [3.8, 4) is 0 Å². The van der Waals surface area contributed by atoms with Gasteiger partial charge in [0.25, 0.3) is 5.56 Å². The standard InChI is InChI=1S/C12H13NO2/c1-3-10-8-9-6-4-5-7-11(9)12(14)13(10)15-2/h4-8H,3H2,1-2H3. The van der Waals surface area contributed by atoms with E-state index in [0.29, 0.717) is 5.39 Å². The molecule has 0 amide bonds. The number of fused-ring (bicyclic) bond motifs is 1. The molecule has 0 bridgehead atoms. The largest absolute Gasteiger partial charge is 0.414 e. The van der Waals surface area contributed by atoms with Gasteiger partial charge in [-0.15, -0.1) is 4.73 Å². The van der Waals surface area contributed by atoms with E-state index in [-0.39, 0.29) is 5.56 Å². The molecule has 0 aliphatic carbocycles. The summed E-state index contributed by atoms with van der Waals surface area (Å²) in [5.74, 6) is 0. The van der Waals surface area contributed by atoms with Crippen LogP contribution in [0.3, 0.4) is 0 Å². The van der Waals surface area contributed by atoms with Crippen molar-refractivity contribution in [2.45, 2.75) is 13.3 Å². The van der Waals surface area contributed by atoms with E-state index in [9.17, 15) is 4.79 Å². The Hall–Kier alpha value is -1.77. The van der Waals surface area contributed by atoms with Gasteiger partial charge in [0.1, 0.15) is 7.11 Å². The number of hydrogen-bond acceptors (Lipinski definition) is 2. The Balaban J connectivity index is 2.88. The van der Waals surface area contributed by atoms with E-state index in [0.717, 1.165) is 17.5 Å². The van der Waals surface area contributed by atoms with Crippen LogP contribution >= 0.6 is 0 Å². The van der Waals surface area contributed by atoms with Gasteiger partial charge in [-0.05, 0) is 23.9 Å². The third kappa shape index (κ3) is 1.50. The summed E-state index contributed by atoms with van der Waals surface area (Å²) < 4.78 is 1.35. The summed E-state index contributed by atoms with van der Waals surface area (Å²) in [6.45, 7) is 2.00. The van der Waals surface area contributed by atoms with Crippen LogP contribution in [0.25, 0.3) is 10.8 Å². The van der Waals surface area contributed by atoms with Crippen LogP contribution in [0.1, 0.15) is 12.6 Å². The van der Waals surface area contributed by atoms with Crippen LogP contribution in [0.5, 0.6) is 0 Å². The first-order chi connectivity index (χ1) is 7.27. The quantitative estimate of drug-likeness (QED) is 0.742. The molecule has 0 fully saturated rings. The van der Waals surface area contributed by atoms with Crippen molar-refractivity contribution in [1.82, 2.24) is 4.73 Å². The minimum Gasteiger partial charge on any atom is -0.414 e. The lowest BCUT2D eigenvalue weighted by molar-refractivity contribution is 0.150. The molecule has 1 aromatic carbocycles. The number of aromatic nitrogens is 1. The highest BCUT2D eigenvalue weighted by Crippen LogP contribution is 2.11. The number of rotatable bonds is 2. The average Bonchev–Trinajstić information content (AvgIpc) is 2.29. The van der Waals surface area contributed by atoms with Gasteiger partial charge in [0, 0.05) is 0 Å². The molecule has 78 valence electrons. The van der Waals surface area contributed by atoms with Crippen molar-refractivity contribution >= 4 is 10.8 Å². The molecule has 0 aliphatic heterocycles. The summed E-state index contributed by atoms with van der Waals surface area (Å²) in [6.07, 6.45) is 0.772. The second-order valence-electron chi connectivity index (χ2n) is 3.36. The second kappa shape index (κ2) is 3.77. The summed E-state index contributed by atoms with van der Waals surface area (Å²) in [5, 5.41) is 1.66. The van der Waals surface area contributed by atoms with Gasteiger partial charge in [-0.2, -0.15) is 0 Å². The maximum Gasteiger partial charge on any atom is 0.291 e. The number of nitrogens with zero attached hydrogens (tertiary/aromatic N) is 1. The zero-order valence-electron chi connectivity index (χ0n) is 8.86. The molecule has 1 heterocycles. The van der Waals surface area contributed by atoms with Crippen molar-refractivity contribution in [2.75, 3.05) is 7.11 Å². The number of hydrogen-bond donors (Lipinski definition) is 0. The maximum absolute atomic E-state index is 12.0. The van der Waals surface area contributed by atoms with Gasteiger partial charge >= 0.3 is 0 Å². The Kier molecular flexibility index (Phi) is 2.46. The average molecular weight is 203 g/mol. The highest BCUT2D eigenvalue weighted by Gasteiger charge is 2.06. The molecule has 15 heavy (non-hydrogen) atoms. The maximum atomic E-state index is 12.0. The molecular formula is C12H13NO2. The van der Waals surface area contributed by atoms with E-state index < -0.39 is 0 Å². The topological polar surface area (TPSA) is 31.2 Å². The zero-order valence-corrected chi connectivity index (χ0v) is 8.86. The van der Waals surface area contributed by atoms with Crippen LogP contribution in [-0.4, -0.2) is 11.8 Å². The van der Waals surface area contributed by atoms with Crippen molar-refractivity contribution in [1.29, 1.82) is 0 Å². The van der Waals surface area contributed by atoms with Gasteiger partial charge in [-0.25, -0.2) is 0 Å². The molecular weight excluding hydrogens is 190 g/mol. The number of pyridine rings is 1. The zero-order chi connectivity index (χ0) is 10.8. The smallest absolute Gasteiger partial charge is 0.291 e. The Morgan fingerprint density at radius 3 is 2.73 bits per heavy atom. The van der Waals surface area contributed by atoms with Crippen LogP contribution in [0.4, 0.5) is 0 Å². The first kappa shape index (κ1) is 9.77. The molecule has 0 saturated carbocycles. The van der Waals surface area contributed by atoms with E-state index in [1.807, 2.05) is 37.3 Å². The van der Waals surface area contributed by atoms with E-state index in [4.69, 9.17) is 4.84 Å². The fourth-order valence-electron chi connectivity index (χ4n) is 1.74. The molecule has 0 aliphatic rings. The summed E-state index contributed by atoms with van der Waals surface area (Å²) in [4.78, 5) is 17.1. The van der Waals surface area contributed by atoms with E-state index >= 15 is 0 Å². The molecule has 1 aromatic heterocycles. The molecule has 0 atom stereocenters. The highest BCUT2D eigenvalue weighted by atomic mass is 16.6. The molecule has 0 N–H and O–H groups in total. The Bertz CT molecular complexity index is 543. The predicted octanol–water partition coefficient (Wildman–Crippen LogP) is 1.62. The van der Waals surface area contributed by atoms with Crippen LogP contribution < -0.4 is 10.4 Å². The van der Waals surface area contributed by atoms with Gasteiger partial charge in [-0.3, -0.25) is 4.79 Å². The van der Waals surface area contributed by atoms with Crippen LogP contribution in [0, 0.1) is 0 Å². The Morgan fingerprint density at radius 2 is 2.07 bits per heavy atom. The molecule has 2 rings (SSSR count). The van der Waals surface area contributed by atoms with Gasteiger partial charge in [0.2, 0.25) is 0 Å². The predicted molar refractivity (Wildman–Crippen MR) is 60.1 cm³/mol. The van der Waals surface area contributed by atoms with Crippen LogP contribution in [-0.2, 0) is 6.42 Å². The first-order valence-electron chi connectivity index (χ1n) is 4.96. The second-order valence-corrected chi connectivity index (χ2v) is 3.36. The highest BCUT2D eigenvalue weighted by molar-refractivity contribution is 5.81. The molecule has 0 unspecified atom stereocenters. The van der Waals surface area contributed by atoms with E-state index in [1.165, 1.54) is 11.8 Å². The number of benzene rings is 1. The van der Waals surface area contributed by atoms with Gasteiger partial charge in [0.05, 0.1) is 11.1 Å². The molecule has 0 saturated heterocycles. The van der Waals surface area contributed by atoms with Gasteiger partial charge in [0.15, 0.2) is 0 Å². The van der Waals surface area contributed by atoms with E-state index in [1.54, 1.807) is 0 Å². The summed E-state index contributed by atoms with van der Waals surface area (Å²) >= 11 is 0. The van der Waals surface area contributed by atoms with Crippen LogP contribution in [0.2, 0.25) is 0 Å². The number of aryl methyl sites for hydroxylation is 1. The lowest BCUT2D eigenvalue weighted by Gasteiger charge is -2.10. The third-order valence-corrected chi connectivity index (χ3v) is 2.50. The van der Waals surface area contributed by atoms with Gasteiger partial charge in [-0.1, -0.05) is 25.1 Å². The Labute approximate surface area is 87.9 Å². The van der Waals surface area contributed by atoms with Crippen LogP contribution in [0.15, 0.2) is 35.1 Å². The SMILES string of the molecule is CCc1cc2ccccc2c(=O)n1OC.